The largest absolute Gasteiger partial charge is 0.479 e. The highest BCUT2D eigenvalue weighted by atomic mass is 16.4. The fraction of sp³-hybridized carbons (Fsp3) is 0.333. The Bertz CT molecular complexity index is 706. The van der Waals surface area contributed by atoms with Gasteiger partial charge in [-0.05, 0) is 26.3 Å². The van der Waals surface area contributed by atoms with Gasteiger partial charge in [-0.25, -0.2) is 9.59 Å². The van der Waals surface area contributed by atoms with Crippen molar-refractivity contribution in [3.05, 3.63) is 34.4 Å². The molecule has 0 saturated heterocycles. The van der Waals surface area contributed by atoms with Gasteiger partial charge in [-0.15, -0.1) is 0 Å². The lowest BCUT2D eigenvalue weighted by Gasteiger charge is -2.29. The van der Waals surface area contributed by atoms with E-state index in [1.807, 2.05) is 0 Å². The highest BCUT2D eigenvalue weighted by Crippen LogP contribution is 2.33. The summed E-state index contributed by atoms with van der Waals surface area (Å²) in [4.78, 5) is 46.1. The van der Waals surface area contributed by atoms with E-state index in [2.05, 4.69) is 0 Å². The van der Waals surface area contributed by atoms with Gasteiger partial charge in [0.05, 0.1) is 0 Å². The molecule has 2 atom stereocenters. The van der Waals surface area contributed by atoms with Crippen LogP contribution in [0.1, 0.15) is 45.7 Å². The molecule has 4 N–H and O–H groups in total. The van der Waals surface area contributed by atoms with Crippen LogP contribution in [-0.2, 0) is 15.2 Å². The Labute approximate surface area is 131 Å². The lowest BCUT2D eigenvalue weighted by molar-refractivity contribution is -0.185. The molecule has 0 aliphatic carbocycles. The fourth-order valence-corrected chi connectivity index (χ4v) is 2.40. The van der Waals surface area contributed by atoms with Crippen molar-refractivity contribution < 1.29 is 39.6 Å². The Balaban J connectivity index is 3.93. The molecule has 0 amide bonds. The molecule has 0 spiro atoms. The molecule has 0 saturated carbocycles. The quantitative estimate of drug-likeness (QED) is 0.539. The zero-order chi connectivity index (χ0) is 18.1. The Hall–Kier alpha value is -2.58. The molecule has 8 nitrogen and oxygen atoms in total. The van der Waals surface area contributed by atoms with Crippen LogP contribution < -0.4 is 0 Å². The lowest BCUT2D eigenvalue weighted by atomic mass is 9.80. The number of aliphatic hydroxyl groups excluding tert-OH is 1. The first kappa shape index (κ1) is 18.5. The summed E-state index contributed by atoms with van der Waals surface area (Å²) in [6.45, 7) is 3.69. The molecular formula is C15H16O8. The third-order valence-electron chi connectivity index (χ3n) is 3.48. The average Bonchev–Trinajstić information content (AvgIpc) is 2.44. The number of carbonyl (C=O) groups is 4. The van der Waals surface area contributed by atoms with Crippen LogP contribution in [0.15, 0.2) is 12.1 Å². The second-order valence-corrected chi connectivity index (χ2v) is 5.10. The third-order valence-corrected chi connectivity index (χ3v) is 3.48. The fourth-order valence-electron chi connectivity index (χ4n) is 2.40. The molecule has 1 rings (SSSR count). The Morgan fingerprint density at radius 1 is 1.00 bits per heavy atom. The molecule has 23 heavy (non-hydrogen) atoms. The maximum atomic E-state index is 11.9. The smallest absolute Gasteiger partial charge is 0.343 e. The van der Waals surface area contributed by atoms with E-state index < -0.39 is 46.3 Å². The molecule has 8 heteroatoms. The van der Waals surface area contributed by atoms with Crippen LogP contribution >= 0.6 is 0 Å². The number of carboxylic acid groups (broad SMARTS) is 2. The number of aliphatic hydroxyl groups is 2. The van der Waals surface area contributed by atoms with Crippen molar-refractivity contribution in [1.82, 2.24) is 0 Å². The molecule has 0 aromatic heterocycles. The van der Waals surface area contributed by atoms with Crippen molar-refractivity contribution in [2.75, 3.05) is 0 Å². The minimum atomic E-state index is -3.29. The minimum Gasteiger partial charge on any atom is -0.479 e. The molecule has 0 heterocycles. The van der Waals surface area contributed by atoms with Gasteiger partial charge in [-0.3, -0.25) is 9.59 Å². The summed E-state index contributed by atoms with van der Waals surface area (Å²) in [6, 6.07) is 2.28. The van der Waals surface area contributed by atoms with Crippen LogP contribution in [0.4, 0.5) is 0 Å². The first-order valence-electron chi connectivity index (χ1n) is 6.48. The van der Waals surface area contributed by atoms with E-state index in [-0.39, 0.29) is 5.56 Å². The molecule has 0 radical (unpaired) electrons. The van der Waals surface area contributed by atoms with E-state index in [1.54, 1.807) is 0 Å². The second kappa shape index (κ2) is 6.27. The van der Waals surface area contributed by atoms with Gasteiger partial charge in [0, 0.05) is 16.7 Å². The number of aryl methyl sites for hydroxylation is 1. The summed E-state index contributed by atoms with van der Waals surface area (Å²) < 4.78 is 0. The molecule has 1 aromatic rings. The van der Waals surface area contributed by atoms with E-state index in [4.69, 9.17) is 5.11 Å². The number of hydrogen-bond acceptors (Lipinski definition) is 6. The van der Waals surface area contributed by atoms with Crippen LogP contribution in [0.3, 0.4) is 0 Å². The summed E-state index contributed by atoms with van der Waals surface area (Å²) in [7, 11) is 0. The van der Waals surface area contributed by atoms with Crippen molar-refractivity contribution in [3.63, 3.8) is 0 Å². The summed E-state index contributed by atoms with van der Waals surface area (Å²) in [5.41, 5.74) is -4.15. The van der Waals surface area contributed by atoms with Crippen molar-refractivity contribution in [3.8, 4) is 0 Å². The van der Waals surface area contributed by atoms with Gasteiger partial charge < -0.3 is 20.4 Å². The number of ketones is 2. The topological polar surface area (TPSA) is 149 Å². The predicted molar refractivity (Wildman–Crippen MR) is 76.4 cm³/mol. The van der Waals surface area contributed by atoms with Gasteiger partial charge in [0.25, 0.3) is 0 Å². The number of hydrogen-bond donors (Lipinski definition) is 4. The van der Waals surface area contributed by atoms with Crippen molar-refractivity contribution >= 4 is 23.5 Å². The summed E-state index contributed by atoms with van der Waals surface area (Å²) in [6.07, 6.45) is -2.74. The minimum absolute atomic E-state index is 0.132. The van der Waals surface area contributed by atoms with Gasteiger partial charge in [0.1, 0.15) is 0 Å². The number of benzene rings is 1. The molecule has 0 aliphatic rings. The monoisotopic (exact) mass is 324 g/mol. The Kier molecular flexibility index (Phi) is 5.03. The van der Waals surface area contributed by atoms with Crippen LogP contribution in [0.2, 0.25) is 0 Å². The van der Waals surface area contributed by atoms with Gasteiger partial charge in [-0.1, -0.05) is 12.1 Å². The first-order valence-corrected chi connectivity index (χ1v) is 6.48. The van der Waals surface area contributed by atoms with E-state index in [9.17, 15) is 34.5 Å². The normalized spacial score (nSPS) is 14.7. The van der Waals surface area contributed by atoms with Crippen LogP contribution in [0.5, 0.6) is 0 Å². The molecule has 2 unspecified atom stereocenters. The van der Waals surface area contributed by atoms with Crippen LogP contribution in [0, 0.1) is 6.92 Å². The van der Waals surface area contributed by atoms with Gasteiger partial charge >= 0.3 is 11.9 Å². The molecular weight excluding hydrogens is 308 g/mol. The van der Waals surface area contributed by atoms with Gasteiger partial charge in [0.2, 0.25) is 5.60 Å². The molecule has 0 fully saturated rings. The Morgan fingerprint density at radius 3 is 1.83 bits per heavy atom. The summed E-state index contributed by atoms with van der Waals surface area (Å²) in [5.74, 6) is -5.36. The van der Waals surface area contributed by atoms with Gasteiger partial charge in [-0.2, -0.15) is 0 Å². The Morgan fingerprint density at radius 2 is 1.48 bits per heavy atom. The number of rotatable bonds is 6. The highest BCUT2D eigenvalue weighted by molar-refractivity contribution is 6.10. The summed E-state index contributed by atoms with van der Waals surface area (Å²) >= 11 is 0. The molecule has 0 aliphatic heterocycles. The van der Waals surface area contributed by atoms with E-state index in [0.29, 0.717) is 5.56 Å². The number of carboxylic acids is 2. The zero-order valence-electron chi connectivity index (χ0n) is 12.7. The lowest BCUT2D eigenvalue weighted by Crippen LogP contribution is -2.51. The highest BCUT2D eigenvalue weighted by Gasteiger charge is 2.51. The molecule has 0 bridgehead atoms. The number of Topliss-reactive ketones (excluding diaryl/α,β-unsaturated/α-hetero) is 2. The second-order valence-electron chi connectivity index (χ2n) is 5.10. The third kappa shape index (κ3) is 2.99. The van der Waals surface area contributed by atoms with Crippen molar-refractivity contribution in [2.45, 2.75) is 32.5 Å². The van der Waals surface area contributed by atoms with E-state index in [1.165, 1.54) is 13.0 Å². The maximum Gasteiger partial charge on any atom is 0.343 e. The standard InChI is InChI=1S/C15H16O8/c1-6-4-5-9(11(8(3)17)10(6)7(2)16)15(23,14(21)22)12(18)13(19)20/h4-5,12,18,23H,1-3H3,(H,19,20)(H,21,22). The molecule has 124 valence electrons. The maximum absolute atomic E-state index is 11.9. The van der Waals surface area contributed by atoms with E-state index in [0.717, 1.165) is 19.9 Å². The van der Waals surface area contributed by atoms with Crippen molar-refractivity contribution in [2.24, 2.45) is 0 Å². The van der Waals surface area contributed by atoms with Crippen LogP contribution in [-0.4, -0.2) is 50.0 Å². The number of carbonyl (C=O) groups excluding carboxylic acids is 2. The first-order chi connectivity index (χ1) is 10.5. The average molecular weight is 324 g/mol. The SMILES string of the molecule is CC(=O)c1c(C)ccc(C(O)(C(=O)O)C(O)C(=O)O)c1C(C)=O. The zero-order valence-corrected chi connectivity index (χ0v) is 12.7. The van der Waals surface area contributed by atoms with Crippen molar-refractivity contribution in [1.29, 1.82) is 0 Å². The van der Waals surface area contributed by atoms with E-state index >= 15 is 0 Å². The van der Waals surface area contributed by atoms with Crippen LogP contribution in [0.25, 0.3) is 0 Å². The van der Waals surface area contributed by atoms with Gasteiger partial charge in [0.15, 0.2) is 17.7 Å². The predicted octanol–water partition coefficient (Wildman–Crippen LogP) is 0.118. The summed E-state index contributed by atoms with van der Waals surface area (Å²) in [5, 5.41) is 38.1. The number of aliphatic carboxylic acids is 2. The molecule has 1 aromatic carbocycles.